The first-order valence-corrected chi connectivity index (χ1v) is 7.99. The Kier molecular flexibility index (Phi) is 5.82. The van der Waals surface area contributed by atoms with Gasteiger partial charge in [-0.1, -0.05) is 0 Å². The van der Waals surface area contributed by atoms with Gasteiger partial charge in [0.2, 0.25) is 0 Å². The molecule has 0 unspecified atom stereocenters. The number of nitrogens with zero attached hydrogens (tertiary/aromatic N) is 1. The van der Waals surface area contributed by atoms with E-state index in [1.54, 1.807) is 0 Å². The lowest BCUT2D eigenvalue weighted by molar-refractivity contribution is 0.102. The molecule has 1 N–H and O–H groups in total. The SMILES string of the molecule is CNCc1cc(CN(C)CCOCC2CC2)c(C)s1. The zero-order valence-corrected chi connectivity index (χ0v) is 13.2. The predicted molar refractivity (Wildman–Crippen MR) is 81.7 cm³/mol. The molecule has 4 heteroatoms. The van der Waals surface area contributed by atoms with Crippen molar-refractivity contribution < 1.29 is 4.74 Å². The van der Waals surface area contributed by atoms with Gasteiger partial charge in [0.25, 0.3) is 0 Å². The Morgan fingerprint density at radius 2 is 2.26 bits per heavy atom. The lowest BCUT2D eigenvalue weighted by atomic mass is 10.2. The van der Waals surface area contributed by atoms with E-state index in [0.717, 1.165) is 38.8 Å². The smallest absolute Gasteiger partial charge is 0.0593 e. The predicted octanol–water partition coefficient (Wildman–Crippen LogP) is 2.63. The number of hydrogen-bond acceptors (Lipinski definition) is 4. The highest BCUT2D eigenvalue weighted by atomic mass is 32.1. The van der Waals surface area contributed by atoms with Crippen molar-refractivity contribution in [3.8, 4) is 0 Å². The molecule has 19 heavy (non-hydrogen) atoms. The van der Waals surface area contributed by atoms with E-state index in [4.69, 9.17) is 4.74 Å². The van der Waals surface area contributed by atoms with Crippen molar-refractivity contribution in [1.29, 1.82) is 0 Å². The van der Waals surface area contributed by atoms with Crippen LogP contribution in [0.2, 0.25) is 0 Å². The molecule has 1 aliphatic carbocycles. The number of nitrogens with one attached hydrogen (secondary N) is 1. The van der Waals surface area contributed by atoms with Crippen molar-refractivity contribution >= 4 is 11.3 Å². The molecular formula is C15H26N2OS. The Bertz CT molecular complexity index is 387. The van der Waals surface area contributed by atoms with Gasteiger partial charge in [-0.05, 0) is 51.4 Å². The number of rotatable bonds is 9. The molecule has 0 spiro atoms. The molecule has 1 heterocycles. The van der Waals surface area contributed by atoms with Gasteiger partial charge in [0.1, 0.15) is 0 Å². The molecule has 0 amide bonds. The first-order valence-electron chi connectivity index (χ1n) is 7.18. The van der Waals surface area contributed by atoms with E-state index < -0.39 is 0 Å². The average Bonchev–Trinajstić information content (AvgIpc) is 3.12. The monoisotopic (exact) mass is 282 g/mol. The standard InChI is InChI=1S/C15H26N2OS/c1-12-14(8-15(19-12)9-16-2)10-17(3)6-7-18-11-13-4-5-13/h8,13,16H,4-7,9-11H2,1-3H3. The van der Waals surface area contributed by atoms with Crippen LogP contribution in [0, 0.1) is 12.8 Å². The minimum atomic E-state index is 0.861. The van der Waals surface area contributed by atoms with Crippen LogP contribution < -0.4 is 5.32 Å². The second-order valence-electron chi connectivity index (χ2n) is 5.58. The fourth-order valence-corrected chi connectivity index (χ4v) is 3.20. The summed E-state index contributed by atoms with van der Waals surface area (Å²) in [5.41, 5.74) is 1.46. The average molecular weight is 282 g/mol. The van der Waals surface area contributed by atoms with Crippen molar-refractivity contribution in [2.24, 2.45) is 5.92 Å². The number of thiophene rings is 1. The minimum absolute atomic E-state index is 0.861. The normalized spacial score (nSPS) is 15.4. The van der Waals surface area contributed by atoms with E-state index in [0.29, 0.717) is 0 Å². The van der Waals surface area contributed by atoms with Crippen molar-refractivity contribution in [3.63, 3.8) is 0 Å². The second-order valence-corrected chi connectivity index (χ2v) is 6.92. The van der Waals surface area contributed by atoms with Crippen molar-refractivity contribution in [2.45, 2.75) is 32.9 Å². The highest BCUT2D eigenvalue weighted by molar-refractivity contribution is 7.12. The third-order valence-corrected chi connectivity index (χ3v) is 4.62. The Labute approximate surface area is 121 Å². The van der Waals surface area contributed by atoms with Gasteiger partial charge in [-0.15, -0.1) is 11.3 Å². The largest absolute Gasteiger partial charge is 0.380 e. The van der Waals surface area contributed by atoms with E-state index in [-0.39, 0.29) is 0 Å². The van der Waals surface area contributed by atoms with Crippen LogP contribution in [0.3, 0.4) is 0 Å². The summed E-state index contributed by atoms with van der Waals surface area (Å²) < 4.78 is 5.69. The van der Waals surface area contributed by atoms with Crippen LogP contribution in [0.4, 0.5) is 0 Å². The molecule has 1 saturated carbocycles. The first kappa shape index (κ1) is 15.0. The van der Waals surface area contributed by atoms with Gasteiger partial charge >= 0.3 is 0 Å². The van der Waals surface area contributed by atoms with Gasteiger partial charge < -0.3 is 10.1 Å². The molecule has 2 rings (SSSR count). The summed E-state index contributed by atoms with van der Waals surface area (Å²) in [6, 6.07) is 2.33. The highest BCUT2D eigenvalue weighted by Gasteiger charge is 2.20. The van der Waals surface area contributed by atoms with E-state index in [9.17, 15) is 0 Å². The molecule has 3 nitrogen and oxygen atoms in total. The van der Waals surface area contributed by atoms with E-state index in [2.05, 4.69) is 30.3 Å². The lowest BCUT2D eigenvalue weighted by Crippen LogP contribution is -2.23. The summed E-state index contributed by atoms with van der Waals surface area (Å²) in [7, 11) is 4.17. The van der Waals surface area contributed by atoms with Crippen LogP contribution >= 0.6 is 11.3 Å². The van der Waals surface area contributed by atoms with Crippen LogP contribution in [-0.2, 0) is 17.8 Å². The maximum Gasteiger partial charge on any atom is 0.0593 e. The summed E-state index contributed by atoms with van der Waals surface area (Å²) >= 11 is 1.90. The summed E-state index contributed by atoms with van der Waals surface area (Å²) in [5.74, 6) is 0.869. The van der Waals surface area contributed by atoms with Crippen molar-refractivity contribution in [3.05, 3.63) is 21.4 Å². The Hall–Kier alpha value is -0.420. The van der Waals surface area contributed by atoms with Gasteiger partial charge in [-0.3, -0.25) is 4.90 Å². The molecule has 108 valence electrons. The molecular weight excluding hydrogens is 256 g/mol. The third-order valence-electron chi connectivity index (χ3n) is 3.53. The van der Waals surface area contributed by atoms with Crippen LogP contribution in [-0.4, -0.2) is 38.8 Å². The fourth-order valence-electron chi connectivity index (χ4n) is 2.13. The molecule has 1 aromatic rings. The second kappa shape index (κ2) is 7.39. The minimum Gasteiger partial charge on any atom is -0.380 e. The van der Waals surface area contributed by atoms with E-state index in [1.807, 2.05) is 18.4 Å². The molecule has 0 aromatic carbocycles. The maximum absolute atomic E-state index is 5.69. The molecule has 0 radical (unpaired) electrons. The number of likely N-dealkylation sites (N-methyl/N-ethyl adjacent to an activating group) is 1. The Morgan fingerprint density at radius 3 is 2.95 bits per heavy atom. The topological polar surface area (TPSA) is 24.5 Å². The molecule has 0 atom stereocenters. The fraction of sp³-hybridized carbons (Fsp3) is 0.733. The zero-order valence-electron chi connectivity index (χ0n) is 12.4. The van der Waals surface area contributed by atoms with Gasteiger partial charge in [0.05, 0.1) is 6.61 Å². The quantitative estimate of drug-likeness (QED) is 0.705. The highest BCUT2D eigenvalue weighted by Crippen LogP contribution is 2.28. The summed E-state index contributed by atoms with van der Waals surface area (Å²) in [6.07, 6.45) is 2.75. The van der Waals surface area contributed by atoms with E-state index in [1.165, 1.54) is 28.2 Å². The zero-order chi connectivity index (χ0) is 13.7. The molecule has 1 fully saturated rings. The lowest BCUT2D eigenvalue weighted by Gasteiger charge is -2.16. The molecule has 1 aliphatic rings. The number of aryl methyl sites for hydroxylation is 1. The number of ether oxygens (including phenoxy) is 1. The maximum atomic E-state index is 5.69. The van der Waals surface area contributed by atoms with Crippen LogP contribution in [0.5, 0.6) is 0 Å². The molecule has 0 aliphatic heterocycles. The van der Waals surface area contributed by atoms with Crippen LogP contribution in [0.15, 0.2) is 6.07 Å². The Balaban J connectivity index is 1.69. The Morgan fingerprint density at radius 1 is 1.47 bits per heavy atom. The summed E-state index contributed by atoms with van der Waals surface area (Å²) in [6.45, 7) is 7.07. The van der Waals surface area contributed by atoms with E-state index >= 15 is 0 Å². The first-order chi connectivity index (χ1) is 9.19. The third kappa shape index (κ3) is 5.22. The van der Waals surface area contributed by atoms with Gasteiger partial charge in [0, 0.05) is 36.0 Å². The number of hydrogen-bond donors (Lipinski definition) is 1. The van der Waals surface area contributed by atoms with Gasteiger partial charge in [-0.2, -0.15) is 0 Å². The molecule has 0 saturated heterocycles. The van der Waals surface area contributed by atoms with Crippen molar-refractivity contribution in [2.75, 3.05) is 33.9 Å². The van der Waals surface area contributed by atoms with Crippen LogP contribution in [0.1, 0.15) is 28.2 Å². The molecule has 0 bridgehead atoms. The summed E-state index contributed by atoms with van der Waals surface area (Å²) in [5, 5.41) is 3.21. The van der Waals surface area contributed by atoms with Crippen molar-refractivity contribution in [1.82, 2.24) is 10.2 Å². The van der Waals surface area contributed by atoms with Crippen LogP contribution in [0.25, 0.3) is 0 Å². The van der Waals surface area contributed by atoms with Gasteiger partial charge in [-0.25, -0.2) is 0 Å². The molecule has 1 aromatic heterocycles. The van der Waals surface area contributed by atoms with Gasteiger partial charge in [0.15, 0.2) is 0 Å². The summed E-state index contributed by atoms with van der Waals surface area (Å²) in [4.78, 5) is 5.22.